The minimum absolute atomic E-state index is 0.176. The first-order chi connectivity index (χ1) is 8.08. The van der Waals surface area contributed by atoms with Gasteiger partial charge in [0, 0.05) is 10.7 Å². The number of aryl methyl sites for hydroxylation is 2. The van der Waals surface area contributed by atoms with Crippen LogP contribution in [0.25, 0.3) is 0 Å². The average Bonchev–Trinajstić information content (AvgIpc) is 2.79. The number of anilines is 1. The molecule has 0 saturated heterocycles. The maximum Gasteiger partial charge on any atom is 0.293 e. The average molecular weight is 251 g/mol. The van der Waals surface area contributed by atoms with Gasteiger partial charge in [-0.1, -0.05) is 11.6 Å². The minimum atomic E-state index is -0.330. The van der Waals surface area contributed by atoms with Gasteiger partial charge in [-0.15, -0.1) is 0 Å². The zero-order valence-electron chi connectivity index (χ0n) is 9.45. The van der Waals surface area contributed by atoms with Crippen LogP contribution in [0.5, 0.6) is 0 Å². The zero-order chi connectivity index (χ0) is 12.4. The molecule has 1 aromatic heterocycles. The summed E-state index contributed by atoms with van der Waals surface area (Å²) < 4.78 is 4.90. The molecule has 1 N–H and O–H groups in total. The van der Waals surface area contributed by atoms with Crippen LogP contribution in [-0.4, -0.2) is 10.9 Å². The molecule has 0 radical (unpaired) electrons. The Morgan fingerprint density at radius 1 is 1.35 bits per heavy atom. The number of nitrogens with zero attached hydrogens (tertiary/aromatic N) is 1. The monoisotopic (exact) mass is 250 g/mol. The van der Waals surface area contributed by atoms with E-state index in [0.29, 0.717) is 10.7 Å². The highest BCUT2D eigenvalue weighted by molar-refractivity contribution is 6.32. The first-order valence-electron chi connectivity index (χ1n) is 5.04. The van der Waals surface area contributed by atoms with E-state index in [4.69, 9.17) is 16.0 Å². The molecule has 0 aliphatic carbocycles. The molecule has 4 nitrogen and oxygen atoms in total. The Balaban J connectivity index is 2.22. The number of amides is 1. The lowest BCUT2D eigenvalue weighted by Gasteiger charge is -2.08. The number of nitrogens with one attached hydrogen (secondary N) is 1. The number of hydrogen-bond acceptors (Lipinski definition) is 3. The molecule has 0 atom stereocenters. The lowest BCUT2D eigenvalue weighted by atomic mass is 10.1. The molecule has 0 aliphatic heterocycles. The Labute approximate surface area is 104 Å². The molecule has 0 fully saturated rings. The summed E-state index contributed by atoms with van der Waals surface area (Å²) in [5.41, 5.74) is 2.52. The van der Waals surface area contributed by atoms with Gasteiger partial charge < -0.3 is 9.73 Å². The van der Waals surface area contributed by atoms with E-state index in [2.05, 4.69) is 10.3 Å². The number of hydrogen-bond donors (Lipinski definition) is 1. The summed E-state index contributed by atoms with van der Waals surface area (Å²) in [6.07, 6.45) is 2.58. The topological polar surface area (TPSA) is 55.1 Å². The van der Waals surface area contributed by atoms with Crippen molar-refractivity contribution >= 4 is 23.2 Å². The van der Waals surface area contributed by atoms with Crippen LogP contribution in [0.3, 0.4) is 0 Å². The van der Waals surface area contributed by atoms with Crippen molar-refractivity contribution in [1.29, 1.82) is 0 Å². The van der Waals surface area contributed by atoms with Gasteiger partial charge in [0.2, 0.25) is 5.76 Å². The molecule has 1 aromatic carbocycles. The first-order valence-corrected chi connectivity index (χ1v) is 5.42. The van der Waals surface area contributed by atoms with Gasteiger partial charge in [-0.05, 0) is 37.1 Å². The van der Waals surface area contributed by atoms with Crippen LogP contribution in [0, 0.1) is 13.8 Å². The van der Waals surface area contributed by atoms with Gasteiger partial charge in [0.05, 0.1) is 6.20 Å². The Morgan fingerprint density at radius 2 is 2.00 bits per heavy atom. The van der Waals surface area contributed by atoms with Crippen molar-refractivity contribution in [2.75, 3.05) is 5.32 Å². The summed E-state index contributed by atoms with van der Waals surface area (Å²) in [7, 11) is 0. The van der Waals surface area contributed by atoms with Gasteiger partial charge in [0.25, 0.3) is 5.91 Å². The van der Waals surface area contributed by atoms with Crippen LogP contribution < -0.4 is 5.32 Å². The predicted molar refractivity (Wildman–Crippen MR) is 65.4 cm³/mol. The minimum Gasteiger partial charge on any atom is -0.438 e. The molecule has 17 heavy (non-hydrogen) atoms. The normalized spacial score (nSPS) is 10.3. The highest BCUT2D eigenvalue weighted by Crippen LogP contribution is 2.24. The molecule has 1 amide bonds. The van der Waals surface area contributed by atoms with E-state index in [9.17, 15) is 4.79 Å². The summed E-state index contributed by atoms with van der Waals surface area (Å²) >= 11 is 6.04. The number of rotatable bonds is 2. The van der Waals surface area contributed by atoms with E-state index in [1.54, 1.807) is 0 Å². The summed E-state index contributed by atoms with van der Waals surface area (Å²) in [6, 6.07) is 3.62. The molecular formula is C12H11ClN2O2. The Hall–Kier alpha value is -1.81. The standard InChI is InChI=1S/C12H11ClN2O2/c1-7-3-9(4-8(2)11(7)13)15-12(16)10-5-14-6-17-10/h3-6H,1-2H3,(H,15,16). The molecule has 1 heterocycles. The van der Waals surface area contributed by atoms with E-state index < -0.39 is 0 Å². The third-order valence-electron chi connectivity index (χ3n) is 2.35. The van der Waals surface area contributed by atoms with E-state index >= 15 is 0 Å². The van der Waals surface area contributed by atoms with E-state index in [-0.39, 0.29) is 11.7 Å². The largest absolute Gasteiger partial charge is 0.438 e. The van der Waals surface area contributed by atoms with Crippen molar-refractivity contribution in [2.24, 2.45) is 0 Å². The molecule has 2 aromatic rings. The fraction of sp³-hybridized carbons (Fsp3) is 0.167. The summed E-state index contributed by atoms with van der Waals surface area (Å²) in [5, 5.41) is 3.43. The van der Waals surface area contributed by atoms with Gasteiger partial charge in [-0.3, -0.25) is 4.79 Å². The van der Waals surface area contributed by atoms with Crippen molar-refractivity contribution < 1.29 is 9.21 Å². The molecule has 5 heteroatoms. The van der Waals surface area contributed by atoms with Crippen LogP contribution in [0.4, 0.5) is 5.69 Å². The van der Waals surface area contributed by atoms with E-state index in [1.165, 1.54) is 12.6 Å². The molecular weight excluding hydrogens is 240 g/mol. The second-order valence-corrected chi connectivity index (χ2v) is 4.12. The Kier molecular flexibility index (Phi) is 3.15. The maximum atomic E-state index is 11.7. The molecule has 0 bridgehead atoms. The molecule has 2 rings (SSSR count). The van der Waals surface area contributed by atoms with Gasteiger partial charge in [0.15, 0.2) is 6.39 Å². The van der Waals surface area contributed by atoms with Crippen LogP contribution in [0.1, 0.15) is 21.7 Å². The van der Waals surface area contributed by atoms with Gasteiger partial charge >= 0.3 is 0 Å². The number of carbonyl (C=O) groups excluding carboxylic acids is 1. The highest BCUT2D eigenvalue weighted by atomic mass is 35.5. The zero-order valence-corrected chi connectivity index (χ0v) is 10.2. The fourth-order valence-electron chi connectivity index (χ4n) is 1.54. The van der Waals surface area contributed by atoms with Crippen molar-refractivity contribution in [3.8, 4) is 0 Å². The van der Waals surface area contributed by atoms with Crippen LogP contribution >= 0.6 is 11.6 Å². The van der Waals surface area contributed by atoms with Crippen molar-refractivity contribution in [1.82, 2.24) is 4.98 Å². The number of halogens is 1. The van der Waals surface area contributed by atoms with Gasteiger partial charge in [-0.2, -0.15) is 0 Å². The molecule has 0 unspecified atom stereocenters. The lowest BCUT2D eigenvalue weighted by molar-refractivity contribution is 0.0996. The van der Waals surface area contributed by atoms with Crippen LogP contribution in [0.15, 0.2) is 29.1 Å². The molecule has 0 aliphatic rings. The second kappa shape index (κ2) is 4.59. The second-order valence-electron chi connectivity index (χ2n) is 3.74. The molecule has 0 saturated carbocycles. The highest BCUT2D eigenvalue weighted by Gasteiger charge is 2.10. The number of aromatic nitrogens is 1. The van der Waals surface area contributed by atoms with E-state index in [0.717, 1.165) is 11.1 Å². The van der Waals surface area contributed by atoms with Gasteiger partial charge in [-0.25, -0.2) is 4.98 Å². The van der Waals surface area contributed by atoms with Crippen molar-refractivity contribution in [3.05, 3.63) is 46.6 Å². The third kappa shape index (κ3) is 2.47. The predicted octanol–water partition coefficient (Wildman–Crippen LogP) is 3.20. The smallest absolute Gasteiger partial charge is 0.293 e. The van der Waals surface area contributed by atoms with Crippen LogP contribution in [0.2, 0.25) is 5.02 Å². The van der Waals surface area contributed by atoms with Crippen LogP contribution in [-0.2, 0) is 0 Å². The quantitative estimate of drug-likeness (QED) is 0.891. The SMILES string of the molecule is Cc1cc(NC(=O)c2cnco2)cc(C)c1Cl. The summed E-state index contributed by atoms with van der Waals surface area (Å²) in [5.74, 6) is -0.154. The molecule has 88 valence electrons. The Bertz CT molecular complexity index is 527. The lowest BCUT2D eigenvalue weighted by Crippen LogP contribution is -2.11. The number of oxazole rings is 1. The number of benzene rings is 1. The van der Waals surface area contributed by atoms with Crippen molar-refractivity contribution in [3.63, 3.8) is 0 Å². The van der Waals surface area contributed by atoms with Gasteiger partial charge in [0.1, 0.15) is 0 Å². The summed E-state index contributed by atoms with van der Waals surface area (Å²) in [6.45, 7) is 3.78. The molecule has 0 spiro atoms. The number of carbonyl (C=O) groups is 1. The fourth-order valence-corrected chi connectivity index (χ4v) is 1.65. The van der Waals surface area contributed by atoms with E-state index in [1.807, 2.05) is 26.0 Å². The summed E-state index contributed by atoms with van der Waals surface area (Å²) in [4.78, 5) is 15.4. The Morgan fingerprint density at radius 3 is 2.53 bits per heavy atom. The maximum absolute atomic E-state index is 11.7. The van der Waals surface area contributed by atoms with Crippen molar-refractivity contribution in [2.45, 2.75) is 13.8 Å². The first kappa shape index (κ1) is 11.7. The third-order valence-corrected chi connectivity index (χ3v) is 2.95.